The highest BCUT2D eigenvalue weighted by molar-refractivity contribution is 6.74. The summed E-state index contributed by atoms with van der Waals surface area (Å²) in [4.78, 5) is 10.9. The Bertz CT molecular complexity index is 720. The van der Waals surface area contributed by atoms with E-state index in [4.69, 9.17) is 4.43 Å². The van der Waals surface area contributed by atoms with Gasteiger partial charge in [0.05, 0.1) is 10.5 Å². The molecule has 0 aliphatic heterocycles. The zero-order valence-corrected chi connectivity index (χ0v) is 15.3. The van der Waals surface area contributed by atoms with Crippen LogP contribution in [0.4, 0.5) is 5.69 Å². The van der Waals surface area contributed by atoms with E-state index < -0.39 is 8.32 Å². The molecular formula is C18H23NO3Si. The molecule has 0 bridgehead atoms. The SMILES string of the molecule is CC(C)(C)[Si](C)(C)Oc1cccc(-c2ccccc2[N+](=O)[O-])c1. The summed E-state index contributed by atoms with van der Waals surface area (Å²) in [6, 6.07) is 14.3. The average Bonchev–Trinajstić information content (AvgIpc) is 2.46. The maximum Gasteiger partial charge on any atom is 0.277 e. The van der Waals surface area contributed by atoms with Crippen molar-refractivity contribution in [2.75, 3.05) is 0 Å². The second-order valence-electron chi connectivity index (χ2n) is 7.16. The summed E-state index contributed by atoms with van der Waals surface area (Å²) >= 11 is 0. The largest absolute Gasteiger partial charge is 0.543 e. The number of para-hydroxylation sites is 1. The van der Waals surface area contributed by atoms with Gasteiger partial charge in [0, 0.05) is 6.07 Å². The molecule has 0 atom stereocenters. The summed E-state index contributed by atoms with van der Waals surface area (Å²) in [6.07, 6.45) is 0. The molecule has 0 saturated carbocycles. The highest BCUT2D eigenvalue weighted by atomic mass is 28.4. The zero-order chi connectivity index (χ0) is 17.3. The van der Waals surface area contributed by atoms with Gasteiger partial charge in [-0.3, -0.25) is 10.1 Å². The molecule has 122 valence electrons. The molecule has 0 radical (unpaired) electrons. The molecule has 5 heteroatoms. The summed E-state index contributed by atoms with van der Waals surface area (Å²) in [5.74, 6) is 0.771. The molecule has 0 fully saturated rings. The van der Waals surface area contributed by atoms with E-state index in [1.807, 2.05) is 30.3 Å². The van der Waals surface area contributed by atoms with E-state index in [2.05, 4.69) is 33.9 Å². The molecule has 0 heterocycles. The molecule has 0 saturated heterocycles. The fourth-order valence-electron chi connectivity index (χ4n) is 2.05. The minimum absolute atomic E-state index is 0.0990. The van der Waals surface area contributed by atoms with Crippen molar-refractivity contribution in [1.29, 1.82) is 0 Å². The van der Waals surface area contributed by atoms with Gasteiger partial charge in [-0.05, 0) is 41.9 Å². The second-order valence-corrected chi connectivity index (χ2v) is 11.9. The van der Waals surface area contributed by atoms with Crippen LogP contribution in [-0.2, 0) is 0 Å². The molecule has 2 aromatic carbocycles. The standard InChI is InChI=1S/C18H23NO3Si/c1-18(2,3)23(4,5)22-15-10-8-9-14(13-15)16-11-6-7-12-17(16)19(20)21/h6-13H,1-5H3. The molecule has 2 aromatic rings. The molecule has 0 amide bonds. The highest BCUT2D eigenvalue weighted by Crippen LogP contribution is 2.38. The molecule has 23 heavy (non-hydrogen) atoms. The van der Waals surface area contributed by atoms with Crippen LogP contribution in [0.2, 0.25) is 18.1 Å². The minimum atomic E-state index is -1.94. The number of hydrogen-bond donors (Lipinski definition) is 0. The predicted molar refractivity (Wildman–Crippen MR) is 96.4 cm³/mol. The van der Waals surface area contributed by atoms with Gasteiger partial charge in [0.2, 0.25) is 8.32 Å². The summed E-state index contributed by atoms with van der Waals surface area (Å²) in [6.45, 7) is 10.9. The molecule has 0 aliphatic carbocycles. The summed E-state index contributed by atoms with van der Waals surface area (Å²) in [5, 5.41) is 11.3. The van der Waals surface area contributed by atoms with Gasteiger partial charge in [-0.15, -0.1) is 0 Å². The van der Waals surface area contributed by atoms with Crippen molar-refractivity contribution in [2.45, 2.75) is 38.9 Å². The monoisotopic (exact) mass is 329 g/mol. The van der Waals surface area contributed by atoms with Gasteiger partial charge in [0.1, 0.15) is 5.75 Å². The van der Waals surface area contributed by atoms with E-state index in [0.29, 0.717) is 5.56 Å². The number of benzene rings is 2. The number of nitro groups is 1. The van der Waals surface area contributed by atoms with E-state index >= 15 is 0 Å². The summed E-state index contributed by atoms with van der Waals surface area (Å²) < 4.78 is 6.30. The Kier molecular flexibility index (Phi) is 4.61. The minimum Gasteiger partial charge on any atom is -0.543 e. The first-order valence-corrected chi connectivity index (χ1v) is 10.6. The van der Waals surface area contributed by atoms with Gasteiger partial charge < -0.3 is 4.43 Å². The van der Waals surface area contributed by atoms with E-state index in [-0.39, 0.29) is 15.6 Å². The first-order chi connectivity index (χ1) is 10.6. The van der Waals surface area contributed by atoms with Gasteiger partial charge >= 0.3 is 0 Å². The molecule has 0 aliphatic rings. The van der Waals surface area contributed by atoms with Crippen molar-refractivity contribution in [3.05, 3.63) is 58.6 Å². The predicted octanol–water partition coefficient (Wildman–Crippen LogP) is 5.65. The lowest BCUT2D eigenvalue weighted by Gasteiger charge is -2.36. The number of rotatable bonds is 4. The number of nitrogens with zero attached hydrogens (tertiary/aromatic N) is 1. The van der Waals surface area contributed by atoms with Crippen LogP contribution < -0.4 is 4.43 Å². The van der Waals surface area contributed by atoms with Crippen molar-refractivity contribution < 1.29 is 9.35 Å². The van der Waals surface area contributed by atoms with E-state index in [1.54, 1.807) is 12.1 Å². The van der Waals surface area contributed by atoms with Crippen molar-refractivity contribution in [3.63, 3.8) is 0 Å². The maximum atomic E-state index is 11.2. The molecule has 0 unspecified atom stereocenters. The first kappa shape index (κ1) is 17.2. The Hall–Kier alpha value is -2.14. The van der Waals surface area contributed by atoms with Crippen LogP contribution in [0.3, 0.4) is 0 Å². The van der Waals surface area contributed by atoms with Gasteiger partial charge in [0.25, 0.3) is 5.69 Å². The quantitative estimate of drug-likeness (QED) is 0.414. The topological polar surface area (TPSA) is 52.4 Å². The zero-order valence-electron chi connectivity index (χ0n) is 14.3. The lowest BCUT2D eigenvalue weighted by molar-refractivity contribution is -0.384. The fraction of sp³-hybridized carbons (Fsp3) is 0.333. The lowest BCUT2D eigenvalue weighted by Crippen LogP contribution is -2.43. The number of nitro benzene ring substituents is 1. The van der Waals surface area contributed by atoms with Crippen LogP contribution in [0, 0.1) is 10.1 Å². The van der Waals surface area contributed by atoms with Crippen LogP contribution in [0.15, 0.2) is 48.5 Å². The average molecular weight is 329 g/mol. The molecule has 0 aromatic heterocycles. The van der Waals surface area contributed by atoms with Crippen LogP contribution in [0.5, 0.6) is 5.75 Å². The van der Waals surface area contributed by atoms with Crippen molar-refractivity contribution in [1.82, 2.24) is 0 Å². The van der Waals surface area contributed by atoms with Gasteiger partial charge in [-0.2, -0.15) is 0 Å². The van der Waals surface area contributed by atoms with Gasteiger partial charge in [-0.1, -0.05) is 45.0 Å². The Morgan fingerprint density at radius 1 is 1.04 bits per heavy atom. The van der Waals surface area contributed by atoms with Crippen LogP contribution in [0.1, 0.15) is 20.8 Å². The molecule has 4 nitrogen and oxygen atoms in total. The Morgan fingerprint density at radius 2 is 1.70 bits per heavy atom. The number of hydrogen-bond acceptors (Lipinski definition) is 3. The Labute approximate surface area is 138 Å². The first-order valence-electron chi connectivity index (χ1n) is 7.65. The highest BCUT2D eigenvalue weighted by Gasteiger charge is 2.39. The van der Waals surface area contributed by atoms with Crippen molar-refractivity contribution >= 4 is 14.0 Å². The molecule has 0 spiro atoms. The van der Waals surface area contributed by atoms with Crippen LogP contribution in [0.25, 0.3) is 11.1 Å². The Balaban J connectivity index is 2.41. The third-order valence-corrected chi connectivity index (χ3v) is 8.78. The lowest BCUT2D eigenvalue weighted by atomic mass is 10.0. The normalized spacial score (nSPS) is 12.0. The van der Waals surface area contributed by atoms with E-state index in [9.17, 15) is 10.1 Å². The molecular weight excluding hydrogens is 306 g/mol. The van der Waals surface area contributed by atoms with Crippen molar-refractivity contribution in [2.24, 2.45) is 0 Å². The molecule has 0 N–H and O–H groups in total. The van der Waals surface area contributed by atoms with E-state index in [1.165, 1.54) is 6.07 Å². The summed E-state index contributed by atoms with van der Waals surface area (Å²) in [7, 11) is -1.94. The van der Waals surface area contributed by atoms with Crippen LogP contribution in [-0.4, -0.2) is 13.2 Å². The van der Waals surface area contributed by atoms with Gasteiger partial charge in [-0.25, -0.2) is 0 Å². The smallest absolute Gasteiger partial charge is 0.277 e. The second kappa shape index (κ2) is 6.16. The molecule has 2 rings (SSSR count). The van der Waals surface area contributed by atoms with Crippen molar-refractivity contribution in [3.8, 4) is 16.9 Å². The summed E-state index contributed by atoms with van der Waals surface area (Å²) in [5.41, 5.74) is 1.52. The van der Waals surface area contributed by atoms with Gasteiger partial charge in [0.15, 0.2) is 0 Å². The third-order valence-electron chi connectivity index (χ3n) is 4.42. The van der Waals surface area contributed by atoms with Crippen LogP contribution >= 0.6 is 0 Å². The Morgan fingerprint density at radius 3 is 2.30 bits per heavy atom. The fourth-order valence-corrected chi connectivity index (χ4v) is 3.07. The van der Waals surface area contributed by atoms with E-state index in [0.717, 1.165) is 11.3 Å². The maximum absolute atomic E-state index is 11.2. The third kappa shape index (κ3) is 3.79.